The van der Waals surface area contributed by atoms with E-state index in [1.165, 1.54) is 6.42 Å². The lowest BCUT2D eigenvalue weighted by molar-refractivity contribution is 0.0697. The highest BCUT2D eigenvalue weighted by Crippen LogP contribution is 2.28. The number of anilines is 1. The van der Waals surface area contributed by atoms with Crippen molar-refractivity contribution in [3.05, 3.63) is 23.8 Å². The Bertz CT molecular complexity index is 454. The largest absolute Gasteiger partial charge is 0.490 e. The molecule has 1 fully saturated rings. The third kappa shape index (κ3) is 3.38. The van der Waals surface area contributed by atoms with Gasteiger partial charge in [-0.05, 0) is 37.6 Å². The molecular formula is C14H20N2O3. The van der Waals surface area contributed by atoms with Crippen molar-refractivity contribution in [1.29, 1.82) is 0 Å². The highest BCUT2D eigenvalue weighted by atomic mass is 16.5. The number of hydrogen-bond acceptors (Lipinski definition) is 4. The van der Waals surface area contributed by atoms with E-state index in [9.17, 15) is 4.79 Å². The molecule has 2 rings (SSSR count). The fourth-order valence-electron chi connectivity index (χ4n) is 2.21. The second-order valence-corrected chi connectivity index (χ2v) is 4.99. The zero-order valence-electron chi connectivity index (χ0n) is 11.3. The minimum atomic E-state index is -0.924. The van der Waals surface area contributed by atoms with E-state index in [1.807, 2.05) is 19.0 Å². The zero-order valence-corrected chi connectivity index (χ0v) is 11.3. The highest BCUT2D eigenvalue weighted by molar-refractivity contribution is 5.89. The summed E-state index contributed by atoms with van der Waals surface area (Å²) < 4.78 is 5.82. The first-order valence-corrected chi connectivity index (χ1v) is 6.49. The second-order valence-electron chi connectivity index (χ2n) is 4.99. The van der Waals surface area contributed by atoms with E-state index in [4.69, 9.17) is 9.84 Å². The molecule has 1 heterocycles. The molecular weight excluding hydrogens is 244 g/mol. The van der Waals surface area contributed by atoms with Crippen LogP contribution < -0.4 is 15.0 Å². The van der Waals surface area contributed by atoms with Gasteiger partial charge in [0.15, 0.2) is 0 Å². The molecule has 19 heavy (non-hydrogen) atoms. The van der Waals surface area contributed by atoms with Crippen molar-refractivity contribution in [2.24, 2.45) is 0 Å². The Hall–Kier alpha value is -1.75. The molecule has 0 bridgehead atoms. The molecule has 1 aliphatic heterocycles. The van der Waals surface area contributed by atoms with Gasteiger partial charge < -0.3 is 20.1 Å². The first-order chi connectivity index (χ1) is 9.08. The van der Waals surface area contributed by atoms with Crippen LogP contribution in [-0.2, 0) is 0 Å². The van der Waals surface area contributed by atoms with Crippen LogP contribution in [0.2, 0.25) is 0 Å². The normalized spacial score (nSPS) is 18.3. The van der Waals surface area contributed by atoms with E-state index in [1.54, 1.807) is 18.2 Å². The average Bonchev–Trinajstić information content (AvgIpc) is 2.89. The van der Waals surface area contributed by atoms with Crippen LogP contribution in [0.3, 0.4) is 0 Å². The maximum Gasteiger partial charge on any atom is 0.335 e. The van der Waals surface area contributed by atoms with Crippen molar-refractivity contribution in [3.63, 3.8) is 0 Å². The topological polar surface area (TPSA) is 61.8 Å². The quantitative estimate of drug-likeness (QED) is 0.845. The minimum absolute atomic E-state index is 0.273. The number of benzene rings is 1. The molecule has 104 valence electrons. The first-order valence-electron chi connectivity index (χ1n) is 6.49. The first kappa shape index (κ1) is 13.7. The Morgan fingerprint density at radius 1 is 1.53 bits per heavy atom. The molecule has 2 N–H and O–H groups in total. The van der Waals surface area contributed by atoms with Crippen molar-refractivity contribution in [1.82, 2.24) is 5.32 Å². The Morgan fingerprint density at radius 3 is 2.89 bits per heavy atom. The lowest BCUT2D eigenvalue weighted by Crippen LogP contribution is -2.28. The molecule has 0 amide bonds. The molecule has 0 aromatic heterocycles. The zero-order chi connectivity index (χ0) is 13.8. The summed E-state index contributed by atoms with van der Waals surface area (Å²) in [5.41, 5.74) is 1.06. The SMILES string of the molecule is CN(C)c1cc(C(=O)O)ccc1OCC1CCCN1. The minimum Gasteiger partial charge on any atom is -0.490 e. The van der Waals surface area contributed by atoms with Crippen LogP contribution in [0, 0.1) is 0 Å². The fourth-order valence-corrected chi connectivity index (χ4v) is 2.21. The summed E-state index contributed by atoms with van der Waals surface area (Å²) in [4.78, 5) is 12.8. The maximum absolute atomic E-state index is 11.0. The highest BCUT2D eigenvalue weighted by Gasteiger charge is 2.16. The number of carboxylic acid groups (broad SMARTS) is 1. The number of nitrogens with zero attached hydrogens (tertiary/aromatic N) is 1. The molecule has 5 heteroatoms. The van der Waals surface area contributed by atoms with E-state index >= 15 is 0 Å². The lowest BCUT2D eigenvalue weighted by atomic mass is 10.1. The van der Waals surface area contributed by atoms with E-state index in [-0.39, 0.29) is 5.56 Å². The van der Waals surface area contributed by atoms with Gasteiger partial charge in [0.1, 0.15) is 12.4 Å². The Kier molecular flexibility index (Phi) is 4.27. The van der Waals surface area contributed by atoms with Gasteiger partial charge in [-0.3, -0.25) is 0 Å². The summed E-state index contributed by atoms with van der Waals surface area (Å²) in [5.74, 6) is -0.198. The predicted molar refractivity (Wildman–Crippen MR) is 74.2 cm³/mol. The van der Waals surface area contributed by atoms with Gasteiger partial charge in [-0.1, -0.05) is 0 Å². The van der Waals surface area contributed by atoms with Gasteiger partial charge in [-0.25, -0.2) is 4.79 Å². The molecule has 1 saturated heterocycles. The van der Waals surface area contributed by atoms with Crippen molar-refractivity contribution >= 4 is 11.7 Å². The van der Waals surface area contributed by atoms with Crippen LogP contribution in [0.1, 0.15) is 23.2 Å². The van der Waals surface area contributed by atoms with Gasteiger partial charge in [-0.2, -0.15) is 0 Å². The molecule has 1 aromatic carbocycles. The molecule has 1 atom stereocenters. The van der Waals surface area contributed by atoms with E-state index < -0.39 is 5.97 Å². The molecule has 0 saturated carbocycles. The van der Waals surface area contributed by atoms with Crippen LogP contribution in [0.4, 0.5) is 5.69 Å². The number of ether oxygens (including phenoxy) is 1. The van der Waals surface area contributed by atoms with Gasteiger partial charge >= 0.3 is 5.97 Å². The standard InChI is InChI=1S/C14H20N2O3/c1-16(2)12-8-10(14(17)18)5-6-13(12)19-9-11-4-3-7-15-11/h5-6,8,11,15H,3-4,7,9H2,1-2H3,(H,17,18). The van der Waals surface area contributed by atoms with Crippen LogP contribution >= 0.6 is 0 Å². The monoisotopic (exact) mass is 264 g/mol. The fraction of sp³-hybridized carbons (Fsp3) is 0.500. The molecule has 1 aliphatic rings. The molecule has 0 radical (unpaired) electrons. The van der Waals surface area contributed by atoms with Gasteiger partial charge in [0.25, 0.3) is 0 Å². The summed E-state index contributed by atoms with van der Waals surface area (Å²) in [6.45, 7) is 1.67. The lowest BCUT2D eigenvalue weighted by Gasteiger charge is -2.20. The summed E-state index contributed by atoms with van der Waals surface area (Å²) in [7, 11) is 3.75. The summed E-state index contributed by atoms with van der Waals surface area (Å²) in [6.07, 6.45) is 2.32. The number of aromatic carboxylic acids is 1. The summed E-state index contributed by atoms with van der Waals surface area (Å²) >= 11 is 0. The third-order valence-electron chi connectivity index (χ3n) is 3.29. The predicted octanol–water partition coefficient (Wildman–Crippen LogP) is 1.58. The van der Waals surface area contributed by atoms with Crippen LogP contribution in [-0.4, -0.2) is 44.4 Å². The molecule has 0 aliphatic carbocycles. The van der Waals surface area contributed by atoms with Crippen LogP contribution in [0.15, 0.2) is 18.2 Å². The molecule has 1 aromatic rings. The third-order valence-corrected chi connectivity index (χ3v) is 3.29. The number of rotatable bonds is 5. The van der Waals surface area contributed by atoms with Crippen molar-refractivity contribution in [2.45, 2.75) is 18.9 Å². The summed E-state index contributed by atoms with van der Waals surface area (Å²) in [5, 5.41) is 12.4. The van der Waals surface area contributed by atoms with Crippen LogP contribution in [0.5, 0.6) is 5.75 Å². The molecule has 1 unspecified atom stereocenters. The van der Waals surface area contributed by atoms with E-state index in [2.05, 4.69) is 5.32 Å². The number of carbonyl (C=O) groups is 1. The average molecular weight is 264 g/mol. The Labute approximate surface area is 113 Å². The van der Waals surface area contributed by atoms with Gasteiger partial charge in [0.2, 0.25) is 0 Å². The van der Waals surface area contributed by atoms with Crippen molar-refractivity contribution in [3.8, 4) is 5.75 Å². The number of carboxylic acids is 1. The Morgan fingerprint density at radius 2 is 2.32 bits per heavy atom. The van der Waals surface area contributed by atoms with E-state index in [0.29, 0.717) is 12.6 Å². The summed E-state index contributed by atoms with van der Waals surface area (Å²) in [6, 6.07) is 5.34. The van der Waals surface area contributed by atoms with E-state index in [0.717, 1.165) is 24.4 Å². The van der Waals surface area contributed by atoms with Crippen LogP contribution in [0.25, 0.3) is 0 Å². The number of nitrogens with one attached hydrogen (secondary N) is 1. The second kappa shape index (κ2) is 5.93. The smallest absolute Gasteiger partial charge is 0.335 e. The number of hydrogen-bond donors (Lipinski definition) is 2. The van der Waals surface area contributed by atoms with Crippen molar-refractivity contribution < 1.29 is 14.6 Å². The van der Waals surface area contributed by atoms with Gasteiger partial charge in [0, 0.05) is 20.1 Å². The molecule has 0 spiro atoms. The maximum atomic E-state index is 11.0. The Balaban J connectivity index is 2.11. The van der Waals surface area contributed by atoms with Gasteiger partial charge in [-0.15, -0.1) is 0 Å². The van der Waals surface area contributed by atoms with Gasteiger partial charge in [0.05, 0.1) is 11.3 Å². The molecule has 5 nitrogen and oxygen atoms in total. The van der Waals surface area contributed by atoms with Crippen molar-refractivity contribution in [2.75, 3.05) is 32.1 Å².